The normalized spacial score (nSPS) is 10.9. The number of hydrogen-bond donors (Lipinski definition) is 3. The lowest BCUT2D eigenvalue weighted by Gasteiger charge is -2.15. The summed E-state index contributed by atoms with van der Waals surface area (Å²) >= 11 is 6.03. The zero-order valence-corrected chi connectivity index (χ0v) is 17.0. The first kappa shape index (κ1) is 21.4. The van der Waals surface area contributed by atoms with Gasteiger partial charge >= 0.3 is 0 Å². The molecule has 0 aromatic heterocycles. The van der Waals surface area contributed by atoms with E-state index in [9.17, 15) is 4.79 Å². The summed E-state index contributed by atoms with van der Waals surface area (Å²) < 4.78 is 10.9. The third kappa shape index (κ3) is 6.06. The number of nitrogens with one attached hydrogen (secondary N) is 3. The number of rotatable bonds is 8. The fraction of sp³-hybridized carbons (Fsp3) is 0.300. The van der Waals surface area contributed by atoms with Gasteiger partial charge in [0.15, 0.2) is 17.5 Å². The molecule has 3 N–H and O–H groups in total. The van der Waals surface area contributed by atoms with Crippen LogP contribution in [-0.2, 0) is 0 Å². The molecule has 2 aromatic carbocycles. The molecule has 150 valence electrons. The molecular formula is C20H25ClN4O3. The Kier molecular flexibility index (Phi) is 8.42. The number of methoxy groups -OCH3 is 1. The summed E-state index contributed by atoms with van der Waals surface area (Å²) in [6.07, 6.45) is 0. The van der Waals surface area contributed by atoms with Crippen LogP contribution in [0.5, 0.6) is 11.5 Å². The van der Waals surface area contributed by atoms with Crippen LogP contribution >= 0.6 is 11.6 Å². The van der Waals surface area contributed by atoms with Crippen molar-refractivity contribution in [3.8, 4) is 11.5 Å². The van der Waals surface area contributed by atoms with Crippen molar-refractivity contribution >= 4 is 29.2 Å². The van der Waals surface area contributed by atoms with Crippen LogP contribution in [-0.4, -0.2) is 45.7 Å². The molecule has 0 heterocycles. The van der Waals surface area contributed by atoms with Crippen LogP contribution in [0.25, 0.3) is 0 Å². The van der Waals surface area contributed by atoms with E-state index in [0.29, 0.717) is 47.7 Å². The van der Waals surface area contributed by atoms with E-state index >= 15 is 0 Å². The highest BCUT2D eigenvalue weighted by molar-refractivity contribution is 6.33. The minimum Gasteiger partial charge on any atom is -0.493 e. The van der Waals surface area contributed by atoms with E-state index in [0.717, 1.165) is 5.69 Å². The zero-order chi connectivity index (χ0) is 20.4. The van der Waals surface area contributed by atoms with Crippen molar-refractivity contribution in [2.24, 2.45) is 4.99 Å². The summed E-state index contributed by atoms with van der Waals surface area (Å²) in [6, 6.07) is 12.5. The first-order valence-corrected chi connectivity index (χ1v) is 9.28. The zero-order valence-electron chi connectivity index (χ0n) is 16.2. The lowest BCUT2D eigenvalue weighted by Crippen LogP contribution is -2.37. The van der Waals surface area contributed by atoms with Crippen LogP contribution in [0.3, 0.4) is 0 Å². The highest BCUT2D eigenvalue weighted by Crippen LogP contribution is 2.30. The average molecular weight is 405 g/mol. The van der Waals surface area contributed by atoms with Gasteiger partial charge < -0.3 is 25.4 Å². The second-order valence-corrected chi connectivity index (χ2v) is 6.07. The van der Waals surface area contributed by atoms with Crippen molar-refractivity contribution < 1.29 is 14.3 Å². The summed E-state index contributed by atoms with van der Waals surface area (Å²) in [4.78, 5) is 16.3. The number of amides is 1. The molecule has 0 atom stereocenters. The minimum absolute atomic E-state index is 0.216. The van der Waals surface area contributed by atoms with Crippen molar-refractivity contribution in [3.05, 3.63) is 53.1 Å². The predicted octanol–water partition coefficient (Wildman–Crippen LogP) is 3.16. The number of carbonyl (C=O) groups excluding carboxylic acids is 1. The lowest BCUT2D eigenvalue weighted by molar-refractivity contribution is 0.0954. The van der Waals surface area contributed by atoms with Gasteiger partial charge in [-0.2, -0.15) is 0 Å². The van der Waals surface area contributed by atoms with E-state index in [1.807, 2.05) is 25.1 Å². The van der Waals surface area contributed by atoms with E-state index in [4.69, 9.17) is 21.1 Å². The quantitative estimate of drug-likeness (QED) is 0.357. The number of anilines is 1. The Bertz CT molecular complexity index is 827. The van der Waals surface area contributed by atoms with Gasteiger partial charge in [-0.15, -0.1) is 0 Å². The molecule has 0 saturated heterocycles. The number of benzene rings is 2. The molecular weight excluding hydrogens is 380 g/mol. The first-order valence-electron chi connectivity index (χ1n) is 8.90. The van der Waals surface area contributed by atoms with Crippen molar-refractivity contribution in [1.82, 2.24) is 10.6 Å². The number of ether oxygens (including phenoxy) is 2. The lowest BCUT2D eigenvalue weighted by atomic mass is 10.2. The molecule has 1 amide bonds. The van der Waals surface area contributed by atoms with Crippen LogP contribution in [0.15, 0.2) is 47.5 Å². The maximum Gasteiger partial charge on any atom is 0.252 e. The number of guanidine groups is 1. The van der Waals surface area contributed by atoms with Crippen molar-refractivity contribution in [2.45, 2.75) is 6.92 Å². The number of nitrogens with zero attached hydrogens (tertiary/aromatic N) is 1. The smallest absolute Gasteiger partial charge is 0.252 e. The summed E-state index contributed by atoms with van der Waals surface area (Å²) in [5.41, 5.74) is 1.25. The largest absolute Gasteiger partial charge is 0.493 e. The summed E-state index contributed by atoms with van der Waals surface area (Å²) in [6.45, 7) is 3.38. The Morgan fingerprint density at radius 2 is 1.86 bits per heavy atom. The van der Waals surface area contributed by atoms with Crippen LogP contribution in [0, 0.1) is 0 Å². The average Bonchev–Trinajstić information content (AvgIpc) is 2.71. The van der Waals surface area contributed by atoms with Crippen LogP contribution in [0.2, 0.25) is 5.02 Å². The highest BCUT2D eigenvalue weighted by atomic mass is 35.5. The summed E-state index contributed by atoms with van der Waals surface area (Å²) in [5, 5.41) is 9.55. The molecule has 0 radical (unpaired) electrons. The van der Waals surface area contributed by atoms with Gasteiger partial charge in [-0.25, -0.2) is 0 Å². The van der Waals surface area contributed by atoms with Crippen LogP contribution < -0.4 is 25.4 Å². The van der Waals surface area contributed by atoms with Crippen molar-refractivity contribution in [3.63, 3.8) is 0 Å². The second kappa shape index (κ2) is 11.0. The van der Waals surface area contributed by atoms with Crippen molar-refractivity contribution in [1.29, 1.82) is 0 Å². The van der Waals surface area contributed by atoms with Gasteiger partial charge in [0.2, 0.25) is 0 Å². The van der Waals surface area contributed by atoms with Crippen LogP contribution in [0.1, 0.15) is 17.3 Å². The maximum atomic E-state index is 12.1. The Balaban J connectivity index is 1.85. The molecule has 0 saturated carbocycles. The highest BCUT2D eigenvalue weighted by Gasteiger charge is 2.09. The Labute approximate surface area is 170 Å². The molecule has 0 aliphatic carbocycles. The van der Waals surface area contributed by atoms with E-state index in [2.05, 4.69) is 20.9 Å². The molecule has 0 fully saturated rings. The van der Waals surface area contributed by atoms with Gasteiger partial charge in [0, 0.05) is 31.9 Å². The fourth-order valence-corrected chi connectivity index (χ4v) is 2.66. The molecule has 28 heavy (non-hydrogen) atoms. The number of aliphatic imine (C=N–C) groups is 1. The third-order valence-corrected chi connectivity index (χ3v) is 4.10. The number of halogens is 1. The predicted molar refractivity (Wildman–Crippen MR) is 113 cm³/mol. The molecule has 0 unspecified atom stereocenters. The minimum atomic E-state index is -0.216. The van der Waals surface area contributed by atoms with Gasteiger partial charge in [-0.05, 0) is 31.2 Å². The first-order chi connectivity index (χ1) is 13.6. The Morgan fingerprint density at radius 1 is 1.11 bits per heavy atom. The second-order valence-electron chi connectivity index (χ2n) is 5.66. The molecule has 0 bridgehead atoms. The topological polar surface area (TPSA) is 84.0 Å². The molecule has 8 heteroatoms. The third-order valence-electron chi connectivity index (χ3n) is 3.77. The molecule has 2 aromatic rings. The SMILES string of the molecule is CCOc1ccc(NC(=NC)NCCNC(=O)c2ccccc2Cl)cc1OC. The molecule has 2 rings (SSSR count). The van der Waals surface area contributed by atoms with Crippen molar-refractivity contribution in [2.75, 3.05) is 39.2 Å². The molecule has 0 aliphatic heterocycles. The molecule has 7 nitrogen and oxygen atoms in total. The standard InChI is InChI=1S/C20H25ClN4O3/c1-4-28-17-10-9-14(13-18(17)27-3)25-20(22-2)24-12-11-23-19(26)15-7-5-6-8-16(15)21/h5-10,13H,4,11-12H2,1-3H3,(H,23,26)(H2,22,24,25). The van der Waals surface area contributed by atoms with E-state index in [1.165, 1.54) is 0 Å². The maximum absolute atomic E-state index is 12.1. The van der Waals surface area contributed by atoms with E-state index in [1.54, 1.807) is 38.4 Å². The van der Waals surface area contributed by atoms with Gasteiger partial charge in [-0.3, -0.25) is 9.79 Å². The van der Waals surface area contributed by atoms with Gasteiger partial charge in [0.25, 0.3) is 5.91 Å². The summed E-state index contributed by atoms with van der Waals surface area (Å²) in [5.74, 6) is 1.67. The van der Waals surface area contributed by atoms with E-state index in [-0.39, 0.29) is 5.91 Å². The molecule has 0 spiro atoms. The van der Waals surface area contributed by atoms with Gasteiger partial charge in [0.05, 0.1) is 24.3 Å². The number of carbonyl (C=O) groups is 1. The van der Waals surface area contributed by atoms with Gasteiger partial charge in [-0.1, -0.05) is 23.7 Å². The monoisotopic (exact) mass is 404 g/mol. The Hall–Kier alpha value is -2.93. The number of hydrogen-bond acceptors (Lipinski definition) is 4. The fourth-order valence-electron chi connectivity index (χ4n) is 2.43. The summed E-state index contributed by atoms with van der Waals surface area (Å²) in [7, 11) is 3.26. The van der Waals surface area contributed by atoms with Crippen LogP contribution in [0.4, 0.5) is 5.69 Å². The van der Waals surface area contributed by atoms with E-state index < -0.39 is 0 Å². The van der Waals surface area contributed by atoms with Gasteiger partial charge in [0.1, 0.15) is 0 Å². The Morgan fingerprint density at radius 3 is 2.54 bits per heavy atom. The molecule has 0 aliphatic rings.